The van der Waals surface area contributed by atoms with Crippen LogP contribution in [0.3, 0.4) is 0 Å². The molecule has 0 spiro atoms. The van der Waals surface area contributed by atoms with Gasteiger partial charge in [0.05, 0.1) is 17.6 Å². The fraction of sp³-hybridized carbons (Fsp3) is 0.750. The van der Waals surface area contributed by atoms with Crippen LogP contribution in [0.15, 0.2) is 17.1 Å². The highest BCUT2D eigenvalue weighted by molar-refractivity contribution is 14.0. The molecule has 2 aliphatic heterocycles. The van der Waals surface area contributed by atoms with Crippen LogP contribution >= 0.6 is 46.9 Å². The fourth-order valence-corrected chi connectivity index (χ4v) is 4.65. The Hall–Kier alpha value is -0.130. The Morgan fingerprint density at radius 3 is 2.83 bits per heavy atom. The number of piperazine rings is 1. The molecular formula is C20H34ClIN4O2S. The maximum Gasteiger partial charge on any atom is 0.194 e. The van der Waals surface area contributed by atoms with E-state index in [9.17, 15) is 0 Å². The van der Waals surface area contributed by atoms with Crippen molar-refractivity contribution in [1.82, 2.24) is 15.1 Å². The van der Waals surface area contributed by atoms with Crippen molar-refractivity contribution in [2.75, 3.05) is 65.7 Å². The molecular weight excluding hydrogens is 523 g/mol. The minimum Gasteiger partial charge on any atom is -0.381 e. The molecule has 1 unspecified atom stereocenters. The summed E-state index contributed by atoms with van der Waals surface area (Å²) >= 11 is 7.72. The number of thiophene rings is 1. The van der Waals surface area contributed by atoms with Crippen LogP contribution in [0.1, 0.15) is 24.6 Å². The standard InChI is InChI=1S/C20H33ClN4O2S.HI/c1-2-22-20(23-7-3-12-26-15-17-6-13-27-16-17)25-10-8-24(9-11-25)14-18-4-5-19(21)28-18;/h4-5,17H,2-3,6-16H2,1H3,(H,22,23);1H. The second kappa shape index (κ2) is 14.0. The van der Waals surface area contributed by atoms with E-state index in [1.54, 1.807) is 11.3 Å². The van der Waals surface area contributed by atoms with Crippen molar-refractivity contribution in [1.29, 1.82) is 0 Å². The molecule has 1 aromatic rings. The summed E-state index contributed by atoms with van der Waals surface area (Å²) in [6.45, 7) is 12.2. The van der Waals surface area contributed by atoms with Crippen molar-refractivity contribution in [2.45, 2.75) is 26.3 Å². The lowest BCUT2D eigenvalue weighted by Gasteiger charge is -2.36. The van der Waals surface area contributed by atoms with Gasteiger partial charge in [-0.3, -0.25) is 9.89 Å². The van der Waals surface area contributed by atoms with Gasteiger partial charge in [0.1, 0.15) is 0 Å². The second-order valence-electron chi connectivity index (χ2n) is 7.36. The van der Waals surface area contributed by atoms with Gasteiger partial charge in [-0.2, -0.15) is 0 Å². The molecule has 2 fully saturated rings. The molecule has 2 aliphatic rings. The Labute approximate surface area is 201 Å². The Kier molecular flexibility index (Phi) is 12.2. The number of rotatable bonds is 9. The molecule has 0 aromatic carbocycles. The highest BCUT2D eigenvalue weighted by atomic mass is 127. The van der Waals surface area contributed by atoms with Crippen molar-refractivity contribution < 1.29 is 9.47 Å². The lowest BCUT2D eigenvalue weighted by atomic mass is 10.1. The van der Waals surface area contributed by atoms with Gasteiger partial charge in [0.2, 0.25) is 0 Å². The molecule has 6 nitrogen and oxygen atoms in total. The van der Waals surface area contributed by atoms with E-state index in [1.807, 2.05) is 6.07 Å². The van der Waals surface area contributed by atoms with Crippen LogP contribution in [0.2, 0.25) is 4.34 Å². The van der Waals surface area contributed by atoms with Crippen molar-refractivity contribution in [3.63, 3.8) is 0 Å². The molecule has 1 atom stereocenters. The largest absolute Gasteiger partial charge is 0.381 e. The van der Waals surface area contributed by atoms with Crippen LogP contribution in [0.4, 0.5) is 0 Å². The van der Waals surface area contributed by atoms with Gasteiger partial charge in [0, 0.05) is 69.8 Å². The number of halogens is 2. The van der Waals surface area contributed by atoms with E-state index >= 15 is 0 Å². The first-order valence-corrected chi connectivity index (χ1v) is 11.6. The minimum absolute atomic E-state index is 0. The maximum atomic E-state index is 6.04. The van der Waals surface area contributed by atoms with Gasteiger partial charge >= 0.3 is 0 Å². The average Bonchev–Trinajstić information content (AvgIpc) is 3.36. The first kappa shape index (κ1) is 25.1. The van der Waals surface area contributed by atoms with Crippen molar-refractivity contribution in [3.8, 4) is 0 Å². The molecule has 0 aliphatic carbocycles. The third-order valence-electron chi connectivity index (χ3n) is 5.10. The molecule has 0 bridgehead atoms. The number of guanidine groups is 1. The van der Waals surface area contributed by atoms with Crippen LogP contribution < -0.4 is 5.32 Å². The highest BCUT2D eigenvalue weighted by Gasteiger charge is 2.20. The van der Waals surface area contributed by atoms with Gasteiger partial charge in [-0.15, -0.1) is 35.3 Å². The maximum absolute atomic E-state index is 6.04. The van der Waals surface area contributed by atoms with Gasteiger partial charge in [-0.25, -0.2) is 0 Å². The molecule has 0 amide bonds. The smallest absolute Gasteiger partial charge is 0.194 e. The first-order chi connectivity index (χ1) is 13.7. The molecule has 3 rings (SSSR count). The molecule has 166 valence electrons. The normalized spacial score (nSPS) is 20.7. The van der Waals surface area contributed by atoms with Crippen molar-refractivity contribution in [2.24, 2.45) is 10.9 Å². The van der Waals surface area contributed by atoms with E-state index in [2.05, 4.69) is 28.1 Å². The summed E-state index contributed by atoms with van der Waals surface area (Å²) in [6.07, 6.45) is 2.09. The van der Waals surface area contributed by atoms with Crippen molar-refractivity contribution in [3.05, 3.63) is 21.3 Å². The van der Waals surface area contributed by atoms with Crippen LogP contribution in [-0.2, 0) is 16.0 Å². The minimum atomic E-state index is 0. The lowest BCUT2D eigenvalue weighted by Crippen LogP contribution is -2.52. The number of nitrogens with zero attached hydrogens (tertiary/aromatic N) is 3. The number of aliphatic imine (C=N–C) groups is 1. The van der Waals surface area contributed by atoms with Gasteiger partial charge < -0.3 is 19.7 Å². The number of nitrogens with one attached hydrogen (secondary N) is 1. The van der Waals surface area contributed by atoms with Gasteiger partial charge in [0.15, 0.2) is 5.96 Å². The summed E-state index contributed by atoms with van der Waals surface area (Å²) in [5, 5.41) is 3.44. The summed E-state index contributed by atoms with van der Waals surface area (Å²) in [4.78, 5) is 11.0. The zero-order valence-corrected chi connectivity index (χ0v) is 21.2. The Morgan fingerprint density at radius 1 is 1.34 bits per heavy atom. The second-order valence-corrected chi connectivity index (χ2v) is 9.16. The van der Waals surface area contributed by atoms with Gasteiger partial charge in [-0.1, -0.05) is 11.6 Å². The number of hydrogen-bond donors (Lipinski definition) is 1. The van der Waals surface area contributed by atoms with Crippen LogP contribution in [0.5, 0.6) is 0 Å². The summed E-state index contributed by atoms with van der Waals surface area (Å²) in [7, 11) is 0. The van der Waals surface area contributed by atoms with E-state index in [4.69, 9.17) is 26.1 Å². The zero-order valence-electron chi connectivity index (χ0n) is 17.3. The van der Waals surface area contributed by atoms with Gasteiger partial charge in [0.25, 0.3) is 0 Å². The molecule has 1 aromatic heterocycles. The fourth-order valence-electron chi connectivity index (χ4n) is 3.52. The van der Waals surface area contributed by atoms with E-state index in [0.717, 1.165) is 95.4 Å². The third-order valence-corrected chi connectivity index (χ3v) is 6.32. The predicted molar refractivity (Wildman–Crippen MR) is 132 cm³/mol. The summed E-state index contributed by atoms with van der Waals surface area (Å²) in [6, 6.07) is 4.12. The highest BCUT2D eigenvalue weighted by Crippen LogP contribution is 2.23. The first-order valence-electron chi connectivity index (χ1n) is 10.4. The summed E-state index contributed by atoms with van der Waals surface area (Å²) < 4.78 is 12.0. The van der Waals surface area contributed by atoms with Crippen LogP contribution in [0, 0.1) is 5.92 Å². The SMILES string of the molecule is CCNC(=NCCCOCC1CCOC1)N1CCN(Cc2ccc(Cl)s2)CC1.I. The van der Waals surface area contributed by atoms with E-state index in [-0.39, 0.29) is 24.0 Å². The number of ether oxygens (including phenoxy) is 2. The molecule has 2 saturated heterocycles. The van der Waals surface area contributed by atoms with Crippen molar-refractivity contribution >= 4 is 52.9 Å². The molecule has 0 saturated carbocycles. The Morgan fingerprint density at radius 2 is 2.17 bits per heavy atom. The van der Waals surface area contributed by atoms with E-state index < -0.39 is 0 Å². The summed E-state index contributed by atoms with van der Waals surface area (Å²) in [5.41, 5.74) is 0. The quantitative estimate of drug-likeness (QED) is 0.218. The monoisotopic (exact) mass is 556 g/mol. The number of hydrogen-bond acceptors (Lipinski definition) is 5. The summed E-state index contributed by atoms with van der Waals surface area (Å²) in [5.74, 6) is 1.62. The van der Waals surface area contributed by atoms with Gasteiger partial charge in [-0.05, 0) is 31.9 Å². The van der Waals surface area contributed by atoms with Crippen LogP contribution in [-0.4, -0.2) is 81.5 Å². The predicted octanol–water partition coefficient (Wildman–Crippen LogP) is 3.55. The van der Waals surface area contributed by atoms with E-state index in [1.165, 1.54) is 4.88 Å². The zero-order chi connectivity index (χ0) is 19.6. The Bertz CT molecular complexity index is 605. The third kappa shape index (κ3) is 8.86. The topological polar surface area (TPSA) is 49.3 Å². The molecule has 29 heavy (non-hydrogen) atoms. The molecule has 9 heteroatoms. The molecule has 1 N–H and O–H groups in total. The lowest BCUT2D eigenvalue weighted by molar-refractivity contribution is 0.0892. The van der Waals surface area contributed by atoms with E-state index in [0.29, 0.717) is 5.92 Å². The molecule has 3 heterocycles. The van der Waals surface area contributed by atoms with Crippen LogP contribution in [0.25, 0.3) is 0 Å². The average molecular weight is 557 g/mol. The Balaban J connectivity index is 0.00000300. The molecule has 0 radical (unpaired) electrons.